The largest absolute Gasteiger partial charge is 0.389 e. The minimum absolute atomic E-state index is 0.139. The van der Waals surface area contributed by atoms with Crippen LogP contribution in [0.3, 0.4) is 0 Å². The molecular weight excluding hydrogens is 88.1 g/mol. The third kappa shape index (κ3) is 1.03. The first kappa shape index (κ1) is 4.85. The van der Waals surface area contributed by atoms with Gasteiger partial charge in [-0.15, -0.1) is 0 Å². The second-order valence-electron chi connectivity index (χ2n) is 2.12. The number of aliphatic hydroxyl groups excluding tert-OH is 1. The van der Waals surface area contributed by atoms with Crippen LogP contribution in [-0.2, 0) is 0 Å². The number of hydrogen-bond acceptors (Lipinski definition) is 1. The molecule has 1 nitrogen and oxygen atoms in total. The van der Waals surface area contributed by atoms with Crippen LogP contribution in [0.4, 0.5) is 0 Å². The summed E-state index contributed by atoms with van der Waals surface area (Å²) in [6.07, 6.45) is 3.80. The van der Waals surface area contributed by atoms with E-state index in [1.807, 2.05) is 6.08 Å². The predicted octanol–water partition coefficient (Wildman–Crippen LogP) is 1.09. The zero-order chi connectivity index (χ0) is 5.28. The molecular formula is C6H10O. The smallest absolute Gasteiger partial charge is 0.0726 e. The lowest BCUT2D eigenvalue weighted by molar-refractivity contribution is 0.223. The maximum absolute atomic E-state index is 8.82. The average Bonchev–Trinajstić information content (AvgIpc) is 1.87. The van der Waals surface area contributed by atoms with Crippen molar-refractivity contribution in [2.24, 2.45) is 0 Å². The Morgan fingerprint density at radius 2 is 2.57 bits per heavy atom. The standard InChI is InChI=1S/C6H10O/c1-5-2-3-6(7)4-5/h4,6-7H,2-3H2,1H3/t6-/m0/s1. The number of allylic oxidation sites excluding steroid dienone is 1. The Kier molecular flexibility index (Phi) is 1.15. The van der Waals surface area contributed by atoms with E-state index in [0.717, 1.165) is 12.8 Å². The Hall–Kier alpha value is -0.300. The number of hydrogen-bond donors (Lipinski definition) is 1. The fourth-order valence-corrected chi connectivity index (χ4v) is 0.871. The van der Waals surface area contributed by atoms with E-state index in [1.54, 1.807) is 0 Å². The summed E-state index contributed by atoms with van der Waals surface area (Å²) in [4.78, 5) is 0. The Morgan fingerprint density at radius 3 is 2.71 bits per heavy atom. The Bertz CT molecular complexity index is 94.4. The van der Waals surface area contributed by atoms with E-state index in [1.165, 1.54) is 5.57 Å². The molecule has 0 aliphatic heterocycles. The lowest BCUT2D eigenvalue weighted by Gasteiger charge is -1.89. The van der Waals surface area contributed by atoms with Crippen molar-refractivity contribution in [3.05, 3.63) is 11.6 Å². The van der Waals surface area contributed by atoms with Crippen molar-refractivity contribution in [2.75, 3.05) is 0 Å². The van der Waals surface area contributed by atoms with Crippen molar-refractivity contribution < 1.29 is 5.11 Å². The number of aliphatic hydroxyl groups is 1. The van der Waals surface area contributed by atoms with Gasteiger partial charge in [-0.05, 0) is 19.8 Å². The van der Waals surface area contributed by atoms with Gasteiger partial charge in [0.1, 0.15) is 0 Å². The Morgan fingerprint density at radius 1 is 1.86 bits per heavy atom. The van der Waals surface area contributed by atoms with Gasteiger partial charge in [0, 0.05) is 0 Å². The molecule has 1 atom stereocenters. The molecule has 1 heteroatoms. The minimum Gasteiger partial charge on any atom is -0.389 e. The van der Waals surface area contributed by atoms with Crippen molar-refractivity contribution in [3.63, 3.8) is 0 Å². The van der Waals surface area contributed by atoms with Crippen molar-refractivity contribution >= 4 is 0 Å². The molecule has 0 heterocycles. The van der Waals surface area contributed by atoms with Crippen LogP contribution in [0.5, 0.6) is 0 Å². The predicted molar refractivity (Wildman–Crippen MR) is 29.0 cm³/mol. The summed E-state index contributed by atoms with van der Waals surface area (Å²) in [5.74, 6) is 0. The molecule has 0 saturated carbocycles. The summed E-state index contributed by atoms with van der Waals surface area (Å²) >= 11 is 0. The summed E-state index contributed by atoms with van der Waals surface area (Å²) in [6.45, 7) is 2.05. The lowest BCUT2D eigenvalue weighted by atomic mass is 10.3. The normalized spacial score (nSPS) is 30.6. The molecule has 1 aliphatic carbocycles. The topological polar surface area (TPSA) is 20.2 Å². The molecule has 0 spiro atoms. The van der Waals surface area contributed by atoms with E-state index in [-0.39, 0.29) is 6.10 Å². The molecule has 40 valence electrons. The van der Waals surface area contributed by atoms with Crippen molar-refractivity contribution in [3.8, 4) is 0 Å². The molecule has 0 fully saturated rings. The van der Waals surface area contributed by atoms with Crippen molar-refractivity contribution in [1.82, 2.24) is 0 Å². The highest BCUT2D eigenvalue weighted by molar-refractivity contribution is 5.08. The molecule has 0 aromatic carbocycles. The third-order valence-corrected chi connectivity index (χ3v) is 1.31. The zero-order valence-electron chi connectivity index (χ0n) is 4.52. The average molecular weight is 98.1 g/mol. The SMILES string of the molecule is CC1=C[C@@H](O)CC1. The molecule has 0 amide bonds. The molecule has 1 N–H and O–H groups in total. The minimum atomic E-state index is -0.139. The van der Waals surface area contributed by atoms with E-state index >= 15 is 0 Å². The molecule has 0 unspecified atom stereocenters. The van der Waals surface area contributed by atoms with Crippen LogP contribution in [0.15, 0.2) is 11.6 Å². The third-order valence-electron chi connectivity index (χ3n) is 1.31. The van der Waals surface area contributed by atoms with Crippen molar-refractivity contribution in [1.29, 1.82) is 0 Å². The van der Waals surface area contributed by atoms with Gasteiger partial charge in [-0.3, -0.25) is 0 Å². The summed E-state index contributed by atoms with van der Waals surface area (Å²) < 4.78 is 0. The van der Waals surface area contributed by atoms with Gasteiger partial charge >= 0.3 is 0 Å². The van der Waals surface area contributed by atoms with Crippen LogP contribution in [0, 0.1) is 0 Å². The molecule has 0 saturated heterocycles. The van der Waals surface area contributed by atoms with Gasteiger partial charge in [0.25, 0.3) is 0 Å². The highest BCUT2D eigenvalue weighted by Gasteiger charge is 2.07. The van der Waals surface area contributed by atoms with E-state index in [0.29, 0.717) is 0 Å². The van der Waals surface area contributed by atoms with Crippen LogP contribution < -0.4 is 0 Å². The summed E-state index contributed by atoms with van der Waals surface area (Å²) in [7, 11) is 0. The van der Waals surface area contributed by atoms with Crippen LogP contribution in [0.1, 0.15) is 19.8 Å². The molecule has 0 aromatic heterocycles. The molecule has 7 heavy (non-hydrogen) atoms. The van der Waals surface area contributed by atoms with E-state index in [4.69, 9.17) is 5.11 Å². The van der Waals surface area contributed by atoms with Crippen LogP contribution in [0.25, 0.3) is 0 Å². The quantitative estimate of drug-likeness (QED) is 0.449. The first-order valence-electron chi connectivity index (χ1n) is 2.64. The Balaban J connectivity index is 2.50. The summed E-state index contributed by atoms with van der Waals surface area (Å²) in [5, 5.41) is 8.82. The fourth-order valence-electron chi connectivity index (χ4n) is 0.871. The van der Waals surface area contributed by atoms with E-state index < -0.39 is 0 Å². The summed E-state index contributed by atoms with van der Waals surface area (Å²) in [5.41, 5.74) is 1.33. The van der Waals surface area contributed by atoms with Gasteiger partial charge in [0.05, 0.1) is 6.10 Å². The second kappa shape index (κ2) is 1.66. The van der Waals surface area contributed by atoms with Gasteiger partial charge in [-0.2, -0.15) is 0 Å². The van der Waals surface area contributed by atoms with Gasteiger partial charge in [0.15, 0.2) is 0 Å². The molecule has 0 aromatic rings. The molecule has 0 radical (unpaired) electrons. The van der Waals surface area contributed by atoms with Gasteiger partial charge in [-0.1, -0.05) is 11.6 Å². The molecule has 0 bridgehead atoms. The first-order chi connectivity index (χ1) is 3.29. The van der Waals surface area contributed by atoms with Gasteiger partial charge < -0.3 is 5.11 Å². The maximum atomic E-state index is 8.82. The van der Waals surface area contributed by atoms with Crippen LogP contribution >= 0.6 is 0 Å². The lowest BCUT2D eigenvalue weighted by Crippen LogP contribution is -1.93. The van der Waals surface area contributed by atoms with Gasteiger partial charge in [-0.25, -0.2) is 0 Å². The fraction of sp³-hybridized carbons (Fsp3) is 0.667. The second-order valence-corrected chi connectivity index (χ2v) is 2.12. The van der Waals surface area contributed by atoms with Crippen LogP contribution in [0.2, 0.25) is 0 Å². The van der Waals surface area contributed by atoms with Gasteiger partial charge in [0.2, 0.25) is 0 Å². The maximum Gasteiger partial charge on any atom is 0.0726 e. The zero-order valence-corrected chi connectivity index (χ0v) is 4.52. The van der Waals surface area contributed by atoms with Crippen LogP contribution in [-0.4, -0.2) is 11.2 Å². The van der Waals surface area contributed by atoms with E-state index in [2.05, 4.69) is 6.92 Å². The highest BCUT2D eigenvalue weighted by atomic mass is 16.3. The Labute approximate surface area is 43.7 Å². The monoisotopic (exact) mass is 98.1 g/mol. The first-order valence-corrected chi connectivity index (χ1v) is 2.64. The van der Waals surface area contributed by atoms with Crippen molar-refractivity contribution in [2.45, 2.75) is 25.9 Å². The summed E-state index contributed by atoms with van der Waals surface area (Å²) in [6, 6.07) is 0. The number of rotatable bonds is 0. The molecule has 1 rings (SSSR count). The van der Waals surface area contributed by atoms with E-state index in [9.17, 15) is 0 Å². The highest BCUT2D eigenvalue weighted by Crippen LogP contribution is 2.16. The molecule has 1 aliphatic rings.